The molecule has 0 unspecified atom stereocenters. The molecular formula is C40H52N10O3. The van der Waals surface area contributed by atoms with Crippen LogP contribution in [0.3, 0.4) is 0 Å². The first-order valence-electron chi connectivity index (χ1n) is 17.8. The van der Waals surface area contributed by atoms with E-state index in [9.17, 15) is 14.4 Å². The standard InChI is InChI=1S/C20H25N5O.C13H20N4O.C7H7NO/c21-19-9-5-4-8-18(19)14-22-23-20(26)16-25-12-10-24(11-13-25)15-17-6-2-1-3-7-17;14-15-13(18)11-17-8-6-16(7-9-17)10-12-4-2-1-3-5-12;8-7-4-2-1-3-6(7)5-9/h1-9,14H,10-13,15-16,21H2,(H,23,26);1-5H,6-11,14H2,(H,15,18);1-5H,8H2/b22-14+;;. The fourth-order valence-electron chi connectivity index (χ4n) is 5.80. The van der Waals surface area contributed by atoms with Crippen LogP contribution in [0.4, 0.5) is 11.4 Å². The van der Waals surface area contributed by atoms with E-state index < -0.39 is 0 Å². The molecule has 4 aromatic carbocycles. The van der Waals surface area contributed by atoms with Gasteiger partial charge in [0.2, 0.25) is 5.91 Å². The molecule has 2 heterocycles. The van der Waals surface area contributed by atoms with Gasteiger partial charge in [0, 0.05) is 87.9 Å². The topological polar surface area (TPSA) is 179 Å². The molecule has 6 rings (SSSR count). The number of nitrogen functional groups attached to an aromatic ring is 2. The highest BCUT2D eigenvalue weighted by Crippen LogP contribution is 2.10. The second kappa shape index (κ2) is 22.5. The van der Waals surface area contributed by atoms with E-state index in [-0.39, 0.29) is 11.8 Å². The molecule has 0 bridgehead atoms. The van der Waals surface area contributed by atoms with Crippen LogP contribution in [0, 0.1) is 0 Å². The van der Waals surface area contributed by atoms with Crippen molar-refractivity contribution in [2.24, 2.45) is 10.9 Å². The Morgan fingerprint density at radius 3 is 1.38 bits per heavy atom. The van der Waals surface area contributed by atoms with Crippen LogP contribution in [-0.4, -0.2) is 109 Å². The van der Waals surface area contributed by atoms with Crippen LogP contribution in [-0.2, 0) is 22.7 Å². The predicted molar refractivity (Wildman–Crippen MR) is 211 cm³/mol. The summed E-state index contributed by atoms with van der Waals surface area (Å²) < 4.78 is 0. The molecule has 2 aliphatic heterocycles. The molecule has 0 aromatic heterocycles. The summed E-state index contributed by atoms with van der Waals surface area (Å²) in [5, 5.41) is 4.00. The summed E-state index contributed by atoms with van der Waals surface area (Å²) in [5.41, 5.74) is 21.2. The number of aldehydes is 1. The highest BCUT2D eigenvalue weighted by Gasteiger charge is 2.20. The maximum absolute atomic E-state index is 12.0. The van der Waals surface area contributed by atoms with Gasteiger partial charge in [-0.25, -0.2) is 11.3 Å². The van der Waals surface area contributed by atoms with Gasteiger partial charge in [0.25, 0.3) is 5.91 Å². The number of para-hydroxylation sites is 2. The summed E-state index contributed by atoms with van der Waals surface area (Å²) in [7, 11) is 0. The maximum Gasteiger partial charge on any atom is 0.254 e. The third kappa shape index (κ3) is 15.0. The summed E-state index contributed by atoms with van der Waals surface area (Å²) in [5.74, 6) is 4.86. The van der Waals surface area contributed by atoms with Gasteiger partial charge in [-0.1, -0.05) is 91.0 Å². The lowest BCUT2D eigenvalue weighted by atomic mass is 10.2. The van der Waals surface area contributed by atoms with Gasteiger partial charge in [-0.05, 0) is 29.3 Å². The van der Waals surface area contributed by atoms with Crippen molar-refractivity contribution in [3.05, 3.63) is 131 Å². The number of anilines is 2. The van der Waals surface area contributed by atoms with Crippen molar-refractivity contribution in [3.63, 3.8) is 0 Å². The smallest absolute Gasteiger partial charge is 0.254 e. The molecule has 2 amide bonds. The molecule has 8 N–H and O–H groups in total. The molecule has 0 spiro atoms. The number of nitrogens with two attached hydrogens (primary N) is 3. The lowest BCUT2D eigenvalue weighted by molar-refractivity contribution is -0.123. The molecule has 53 heavy (non-hydrogen) atoms. The lowest BCUT2D eigenvalue weighted by Gasteiger charge is -2.34. The van der Waals surface area contributed by atoms with Gasteiger partial charge in [0.15, 0.2) is 6.29 Å². The van der Waals surface area contributed by atoms with Crippen LogP contribution in [0.1, 0.15) is 27.0 Å². The number of carbonyl (C=O) groups is 3. The van der Waals surface area contributed by atoms with Gasteiger partial charge < -0.3 is 11.5 Å². The monoisotopic (exact) mass is 720 g/mol. The molecule has 2 fully saturated rings. The minimum absolute atomic E-state index is 0.104. The largest absolute Gasteiger partial charge is 0.398 e. The van der Waals surface area contributed by atoms with E-state index in [1.165, 1.54) is 11.1 Å². The van der Waals surface area contributed by atoms with Crippen LogP contribution in [0.5, 0.6) is 0 Å². The van der Waals surface area contributed by atoms with Crippen LogP contribution in [0.2, 0.25) is 0 Å². The molecule has 2 aliphatic rings. The SMILES string of the molecule is NNC(=O)CN1CCN(Cc2ccccc2)CC1.Nc1ccccc1/C=N/NC(=O)CN1CCN(Cc2ccccc2)CC1.Nc1ccccc1C=O. The molecule has 0 aliphatic carbocycles. The molecule has 280 valence electrons. The van der Waals surface area contributed by atoms with Crippen molar-refractivity contribution in [2.75, 3.05) is 76.9 Å². The van der Waals surface area contributed by atoms with Gasteiger partial charge in [-0.3, -0.25) is 39.4 Å². The highest BCUT2D eigenvalue weighted by molar-refractivity contribution is 5.88. The first-order valence-corrected chi connectivity index (χ1v) is 17.8. The Hall–Kier alpha value is -5.44. The van der Waals surface area contributed by atoms with Gasteiger partial charge in [-0.2, -0.15) is 5.10 Å². The molecule has 0 saturated carbocycles. The van der Waals surface area contributed by atoms with E-state index in [2.05, 4.69) is 84.1 Å². The number of nitrogens with one attached hydrogen (secondary N) is 2. The fourth-order valence-corrected chi connectivity index (χ4v) is 5.80. The minimum atomic E-state index is -0.119. The van der Waals surface area contributed by atoms with Crippen molar-refractivity contribution in [1.82, 2.24) is 30.5 Å². The minimum Gasteiger partial charge on any atom is -0.398 e. The Kier molecular flexibility index (Phi) is 17.1. The Balaban J connectivity index is 0.000000200. The molecule has 0 atom stereocenters. The zero-order chi connectivity index (χ0) is 37.7. The molecule has 0 radical (unpaired) electrons. The van der Waals surface area contributed by atoms with E-state index in [0.717, 1.165) is 77.3 Å². The van der Waals surface area contributed by atoms with Crippen LogP contribution < -0.4 is 28.2 Å². The normalized spacial score (nSPS) is 15.3. The molecular weight excluding hydrogens is 669 g/mol. The first kappa shape index (κ1) is 40.3. The second-order valence-electron chi connectivity index (χ2n) is 12.8. The van der Waals surface area contributed by atoms with E-state index in [1.54, 1.807) is 36.5 Å². The second-order valence-corrected chi connectivity index (χ2v) is 12.8. The van der Waals surface area contributed by atoms with Crippen LogP contribution in [0.15, 0.2) is 114 Å². The number of rotatable bonds is 11. The van der Waals surface area contributed by atoms with Crippen LogP contribution >= 0.6 is 0 Å². The third-order valence-corrected chi connectivity index (χ3v) is 8.84. The molecule has 13 heteroatoms. The summed E-state index contributed by atoms with van der Waals surface area (Å²) in [4.78, 5) is 42.5. The molecule has 2 saturated heterocycles. The Bertz CT molecular complexity index is 1710. The zero-order valence-corrected chi connectivity index (χ0v) is 30.2. The molecule has 4 aromatic rings. The first-order chi connectivity index (χ1) is 25.8. The number of benzene rings is 4. The van der Waals surface area contributed by atoms with Gasteiger partial charge >= 0.3 is 0 Å². The zero-order valence-electron chi connectivity index (χ0n) is 30.2. The third-order valence-electron chi connectivity index (χ3n) is 8.84. The fraction of sp³-hybridized carbons (Fsp3) is 0.300. The predicted octanol–water partition coefficient (Wildman–Crippen LogP) is 2.41. The number of carbonyl (C=O) groups excluding carboxylic acids is 3. The summed E-state index contributed by atoms with van der Waals surface area (Å²) in [6, 6.07) is 35.3. The number of piperazine rings is 2. The number of hydrogen-bond acceptors (Lipinski definition) is 11. The number of hydrogen-bond donors (Lipinski definition) is 5. The van der Waals surface area contributed by atoms with Crippen molar-refractivity contribution < 1.29 is 14.4 Å². The van der Waals surface area contributed by atoms with Crippen molar-refractivity contribution >= 4 is 35.7 Å². The van der Waals surface area contributed by atoms with E-state index in [1.807, 2.05) is 30.3 Å². The van der Waals surface area contributed by atoms with Crippen molar-refractivity contribution in [2.45, 2.75) is 13.1 Å². The van der Waals surface area contributed by atoms with E-state index in [4.69, 9.17) is 17.3 Å². The lowest BCUT2D eigenvalue weighted by Crippen LogP contribution is -2.49. The van der Waals surface area contributed by atoms with Gasteiger partial charge in [0.05, 0.1) is 19.3 Å². The number of hydrazine groups is 1. The van der Waals surface area contributed by atoms with Crippen LogP contribution in [0.25, 0.3) is 0 Å². The average molecular weight is 721 g/mol. The summed E-state index contributed by atoms with van der Waals surface area (Å²) in [6.45, 7) is 10.2. The van der Waals surface area contributed by atoms with E-state index in [0.29, 0.717) is 30.0 Å². The quantitative estimate of drug-likeness (QED) is 0.0386. The van der Waals surface area contributed by atoms with Gasteiger partial charge in [-0.15, -0.1) is 0 Å². The Labute approximate surface area is 312 Å². The maximum atomic E-state index is 12.0. The van der Waals surface area contributed by atoms with E-state index >= 15 is 0 Å². The Morgan fingerprint density at radius 2 is 0.962 bits per heavy atom. The number of amides is 2. The van der Waals surface area contributed by atoms with Gasteiger partial charge in [0.1, 0.15) is 0 Å². The highest BCUT2D eigenvalue weighted by atomic mass is 16.2. The van der Waals surface area contributed by atoms with Crippen molar-refractivity contribution in [3.8, 4) is 0 Å². The average Bonchev–Trinajstić information content (AvgIpc) is 3.19. The number of nitrogens with zero attached hydrogens (tertiary/aromatic N) is 5. The summed E-state index contributed by atoms with van der Waals surface area (Å²) in [6.07, 6.45) is 2.32. The molecule has 13 nitrogen and oxygen atoms in total. The van der Waals surface area contributed by atoms with Crippen molar-refractivity contribution in [1.29, 1.82) is 0 Å². The number of hydrazone groups is 1. The summed E-state index contributed by atoms with van der Waals surface area (Å²) >= 11 is 0. The Morgan fingerprint density at radius 1 is 0.566 bits per heavy atom.